The fourth-order valence-electron chi connectivity index (χ4n) is 2.78. The molecule has 0 fully saturated rings. The SMILES string of the molecule is CC1=CCC(c2cccc(C(=O)CCCCN(C)C)c2)C=C1. The van der Waals surface area contributed by atoms with Gasteiger partial charge >= 0.3 is 0 Å². The third-order valence-electron chi connectivity index (χ3n) is 4.18. The summed E-state index contributed by atoms with van der Waals surface area (Å²) < 4.78 is 0. The molecule has 0 bridgehead atoms. The highest BCUT2D eigenvalue weighted by Gasteiger charge is 2.12. The number of nitrogens with zero attached hydrogens (tertiary/aromatic N) is 1. The predicted octanol–water partition coefficient (Wildman–Crippen LogP) is 4.59. The average Bonchev–Trinajstić information content (AvgIpc) is 2.52. The lowest BCUT2D eigenvalue weighted by atomic mass is 9.89. The summed E-state index contributed by atoms with van der Waals surface area (Å²) in [6, 6.07) is 8.18. The van der Waals surface area contributed by atoms with E-state index in [9.17, 15) is 4.79 Å². The first-order valence-electron chi connectivity index (χ1n) is 8.19. The van der Waals surface area contributed by atoms with Crippen molar-refractivity contribution in [2.24, 2.45) is 0 Å². The summed E-state index contributed by atoms with van der Waals surface area (Å²) in [7, 11) is 4.14. The topological polar surface area (TPSA) is 20.3 Å². The number of hydrogen-bond acceptors (Lipinski definition) is 2. The molecule has 1 aliphatic rings. The van der Waals surface area contributed by atoms with E-state index in [1.54, 1.807) is 0 Å². The highest BCUT2D eigenvalue weighted by atomic mass is 16.1. The Morgan fingerprint density at radius 2 is 2.09 bits per heavy atom. The van der Waals surface area contributed by atoms with Gasteiger partial charge in [0.2, 0.25) is 0 Å². The number of unbranched alkanes of at least 4 members (excludes halogenated alkanes) is 1. The molecule has 0 amide bonds. The molecule has 118 valence electrons. The second-order valence-electron chi connectivity index (χ2n) is 6.46. The smallest absolute Gasteiger partial charge is 0.162 e. The molecule has 0 aromatic heterocycles. The molecule has 0 radical (unpaired) electrons. The summed E-state index contributed by atoms with van der Waals surface area (Å²) in [5.41, 5.74) is 3.44. The van der Waals surface area contributed by atoms with Gasteiger partial charge in [-0.2, -0.15) is 0 Å². The van der Waals surface area contributed by atoms with Crippen molar-refractivity contribution in [2.75, 3.05) is 20.6 Å². The summed E-state index contributed by atoms with van der Waals surface area (Å²) in [4.78, 5) is 14.5. The van der Waals surface area contributed by atoms with E-state index < -0.39 is 0 Å². The van der Waals surface area contributed by atoms with Crippen LogP contribution < -0.4 is 0 Å². The van der Waals surface area contributed by atoms with Crippen molar-refractivity contribution in [2.45, 2.75) is 38.5 Å². The Kier molecular flexibility index (Phi) is 6.14. The molecule has 0 heterocycles. The van der Waals surface area contributed by atoms with E-state index in [0.717, 1.165) is 31.4 Å². The van der Waals surface area contributed by atoms with Crippen LogP contribution in [0.25, 0.3) is 0 Å². The third-order valence-corrected chi connectivity index (χ3v) is 4.18. The van der Waals surface area contributed by atoms with Crippen LogP contribution in [0.5, 0.6) is 0 Å². The molecule has 0 N–H and O–H groups in total. The van der Waals surface area contributed by atoms with Gasteiger partial charge < -0.3 is 4.90 Å². The predicted molar refractivity (Wildman–Crippen MR) is 93.4 cm³/mol. The fourth-order valence-corrected chi connectivity index (χ4v) is 2.78. The zero-order valence-electron chi connectivity index (χ0n) is 14.0. The van der Waals surface area contributed by atoms with E-state index in [2.05, 4.69) is 56.3 Å². The van der Waals surface area contributed by atoms with Gasteiger partial charge in [0.05, 0.1) is 0 Å². The molecule has 1 aromatic rings. The molecule has 0 spiro atoms. The quantitative estimate of drug-likeness (QED) is 0.542. The van der Waals surface area contributed by atoms with Crippen LogP contribution in [0.15, 0.2) is 48.1 Å². The van der Waals surface area contributed by atoms with Crippen LogP contribution >= 0.6 is 0 Å². The Morgan fingerprint density at radius 1 is 1.27 bits per heavy atom. The number of carbonyl (C=O) groups is 1. The standard InChI is InChI=1S/C20H27NO/c1-16-10-12-17(13-11-16)18-7-6-8-19(15-18)20(22)9-4-5-14-21(2)3/h6-8,10-12,15,17H,4-5,9,13-14H2,1-3H3. The van der Waals surface area contributed by atoms with Gasteiger partial charge in [0.25, 0.3) is 0 Å². The van der Waals surface area contributed by atoms with Crippen molar-refractivity contribution >= 4 is 5.78 Å². The van der Waals surface area contributed by atoms with Crippen LogP contribution in [0.1, 0.15) is 54.4 Å². The monoisotopic (exact) mass is 297 g/mol. The number of hydrogen-bond donors (Lipinski definition) is 0. The van der Waals surface area contributed by atoms with E-state index >= 15 is 0 Å². The summed E-state index contributed by atoms with van der Waals surface area (Å²) >= 11 is 0. The Labute approximate surface area is 134 Å². The van der Waals surface area contributed by atoms with Gasteiger partial charge in [0, 0.05) is 17.9 Å². The number of carbonyl (C=O) groups excluding carboxylic acids is 1. The van der Waals surface area contributed by atoms with Gasteiger partial charge in [-0.25, -0.2) is 0 Å². The van der Waals surface area contributed by atoms with Crippen molar-refractivity contribution in [1.29, 1.82) is 0 Å². The van der Waals surface area contributed by atoms with E-state index in [4.69, 9.17) is 0 Å². The molecular formula is C20H27NO. The first-order chi connectivity index (χ1) is 10.6. The van der Waals surface area contributed by atoms with Gasteiger partial charge in [-0.15, -0.1) is 0 Å². The van der Waals surface area contributed by atoms with E-state index in [-0.39, 0.29) is 5.78 Å². The highest BCUT2D eigenvalue weighted by Crippen LogP contribution is 2.27. The fraction of sp³-hybridized carbons (Fsp3) is 0.450. The van der Waals surface area contributed by atoms with Gasteiger partial charge in [-0.1, -0.05) is 42.0 Å². The third kappa shape index (κ3) is 4.96. The molecule has 2 rings (SSSR count). The van der Waals surface area contributed by atoms with Gasteiger partial charge in [-0.3, -0.25) is 4.79 Å². The second-order valence-corrected chi connectivity index (χ2v) is 6.46. The van der Waals surface area contributed by atoms with E-state index in [0.29, 0.717) is 12.3 Å². The molecular weight excluding hydrogens is 270 g/mol. The van der Waals surface area contributed by atoms with Crippen LogP contribution in [0.2, 0.25) is 0 Å². The molecule has 1 aromatic carbocycles. The average molecular weight is 297 g/mol. The largest absolute Gasteiger partial charge is 0.309 e. The molecule has 2 nitrogen and oxygen atoms in total. The highest BCUT2D eigenvalue weighted by molar-refractivity contribution is 5.96. The molecule has 0 saturated carbocycles. The normalized spacial score (nSPS) is 17.6. The minimum absolute atomic E-state index is 0.270. The van der Waals surface area contributed by atoms with Gasteiger partial charge in [0.15, 0.2) is 5.78 Å². The van der Waals surface area contributed by atoms with Crippen molar-refractivity contribution in [3.8, 4) is 0 Å². The number of benzene rings is 1. The molecule has 2 heteroatoms. The van der Waals surface area contributed by atoms with Gasteiger partial charge in [0.1, 0.15) is 0 Å². The lowest BCUT2D eigenvalue weighted by Crippen LogP contribution is -2.13. The van der Waals surface area contributed by atoms with Crippen molar-refractivity contribution in [3.63, 3.8) is 0 Å². The van der Waals surface area contributed by atoms with Gasteiger partial charge in [-0.05, 0) is 58.5 Å². The Hall–Kier alpha value is -1.67. The second kappa shape index (κ2) is 8.09. The summed E-state index contributed by atoms with van der Waals surface area (Å²) in [5.74, 6) is 0.678. The Bertz CT molecular complexity index is 569. The van der Waals surface area contributed by atoms with Crippen LogP contribution in [0.4, 0.5) is 0 Å². The molecule has 1 atom stereocenters. The summed E-state index contributed by atoms with van der Waals surface area (Å²) in [6.07, 6.45) is 10.4. The summed E-state index contributed by atoms with van der Waals surface area (Å²) in [6.45, 7) is 3.17. The molecule has 1 aliphatic carbocycles. The minimum atomic E-state index is 0.270. The number of allylic oxidation sites excluding steroid dienone is 4. The van der Waals surface area contributed by atoms with Crippen LogP contribution in [-0.4, -0.2) is 31.3 Å². The van der Waals surface area contributed by atoms with E-state index in [1.807, 2.05) is 12.1 Å². The lowest BCUT2D eigenvalue weighted by molar-refractivity contribution is 0.0978. The maximum atomic E-state index is 12.3. The van der Waals surface area contributed by atoms with Crippen molar-refractivity contribution in [3.05, 3.63) is 59.2 Å². The van der Waals surface area contributed by atoms with Crippen LogP contribution in [0, 0.1) is 0 Å². The maximum absolute atomic E-state index is 12.3. The minimum Gasteiger partial charge on any atom is -0.309 e. The molecule has 0 saturated heterocycles. The van der Waals surface area contributed by atoms with Crippen LogP contribution in [-0.2, 0) is 0 Å². The summed E-state index contributed by atoms with van der Waals surface area (Å²) in [5, 5.41) is 0. The van der Waals surface area contributed by atoms with E-state index in [1.165, 1.54) is 11.1 Å². The molecule has 22 heavy (non-hydrogen) atoms. The first kappa shape index (κ1) is 16.7. The number of ketones is 1. The van der Waals surface area contributed by atoms with Crippen LogP contribution in [0.3, 0.4) is 0 Å². The lowest BCUT2D eigenvalue weighted by Gasteiger charge is -2.16. The Balaban J connectivity index is 1.93. The maximum Gasteiger partial charge on any atom is 0.162 e. The number of Topliss-reactive ketones (excluding diaryl/α,β-unsaturated/α-hetero) is 1. The first-order valence-corrected chi connectivity index (χ1v) is 8.19. The Morgan fingerprint density at radius 3 is 2.77 bits per heavy atom. The molecule has 0 aliphatic heterocycles. The number of rotatable bonds is 7. The van der Waals surface area contributed by atoms with Crippen molar-refractivity contribution < 1.29 is 4.79 Å². The zero-order valence-corrected chi connectivity index (χ0v) is 14.0. The molecule has 1 unspecified atom stereocenters. The van der Waals surface area contributed by atoms with Crippen molar-refractivity contribution in [1.82, 2.24) is 4.90 Å². The zero-order chi connectivity index (χ0) is 15.9.